The van der Waals surface area contributed by atoms with Crippen LogP contribution in [0.2, 0.25) is 0 Å². The van der Waals surface area contributed by atoms with Gasteiger partial charge in [-0.25, -0.2) is 0 Å². The first-order chi connectivity index (χ1) is 11.0. The maximum Gasteiger partial charge on any atom is 0.253 e. The summed E-state index contributed by atoms with van der Waals surface area (Å²) in [4.78, 5) is 26.1. The molecule has 2 aromatic rings. The zero-order valence-electron chi connectivity index (χ0n) is 13.0. The molecule has 0 atom stereocenters. The van der Waals surface area contributed by atoms with Crippen LogP contribution in [0, 0.1) is 0 Å². The third-order valence-electron chi connectivity index (χ3n) is 3.74. The lowest BCUT2D eigenvalue weighted by atomic mass is 9.98. The lowest BCUT2D eigenvalue weighted by molar-refractivity contribution is 0.102. The van der Waals surface area contributed by atoms with E-state index in [0.717, 1.165) is 18.8 Å². The van der Waals surface area contributed by atoms with Crippen LogP contribution in [0.15, 0.2) is 42.5 Å². The number of aromatic hydroxyl groups is 1. The SMILES string of the molecule is CCN(CC)c1ccc(C(=O)c2ccccc2C(=O)Cl)c(O)c1. The Bertz CT molecular complexity index is 739. The van der Waals surface area contributed by atoms with Crippen molar-refractivity contribution in [3.63, 3.8) is 0 Å². The molecule has 0 spiro atoms. The van der Waals surface area contributed by atoms with E-state index < -0.39 is 11.0 Å². The topological polar surface area (TPSA) is 57.6 Å². The molecule has 4 nitrogen and oxygen atoms in total. The number of carbonyl (C=O) groups excluding carboxylic acids is 2. The molecule has 2 aromatic carbocycles. The third-order valence-corrected chi connectivity index (χ3v) is 3.94. The van der Waals surface area contributed by atoms with Gasteiger partial charge in [0.25, 0.3) is 5.24 Å². The summed E-state index contributed by atoms with van der Waals surface area (Å²) in [6.07, 6.45) is 0. The molecule has 1 N–H and O–H groups in total. The quantitative estimate of drug-likeness (QED) is 0.645. The first-order valence-corrected chi connectivity index (χ1v) is 7.78. The highest BCUT2D eigenvalue weighted by Crippen LogP contribution is 2.27. The van der Waals surface area contributed by atoms with Crippen LogP contribution in [0.5, 0.6) is 5.75 Å². The van der Waals surface area contributed by atoms with Gasteiger partial charge in [-0.05, 0) is 43.6 Å². The van der Waals surface area contributed by atoms with Crippen LogP contribution in [0.4, 0.5) is 5.69 Å². The molecular formula is C18H18ClNO3. The number of hydrogen-bond acceptors (Lipinski definition) is 4. The predicted molar refractivity (Wildman–Crippen MR) is 91.7 cm³/mol. The van der Waals surface area contributed by atoms with E-state index >= 15 is 0 Å². The van der Waals surface area contributed by atoms with E-state index in [2.05, 4.69) is 4.90 Å². The summed E-state index contributed by atoms with van der Waals surface area (Å²) in [5.74, 6) is -0.547. The van der Waals surface area contributed by atoms with E-state index in [-0.39, 0.29) is 22.4 Å². The summed E-state index contributed by atoms with van der Waals surface area (Å²) in [5.41, 5.74) is 1.29. The van der Waals surface area contributed by atoms with Gasteiger partial charge in [0.05, 0.1) is 5.56 Å². The van der Waals surface area contributed by atoms with Crippen molar-refractivity contribution >= 4 is 28.3 Å². The van der Waals surface area contributed by atoms with Crippen molar-refractivity contribution in [3.05, 3.63) is 59.2 Å². The van der Waals surface area contributed by atoms with Crippen LogP contribution in [0.3, 0.4) is 0 Å². The highest BCUT2D eigenvalue weighted by Gasteiger charge is 2.20. The van der Waals surface area contributed by atoms with Crippen molar-refractivity contribution in [2.45, 2.75) is 13.8 Å². The monoisotopic (exact) mass is 331 g/mol. The molecule has 0 saturated carbocycles. The number of ketones is 1. The van der Waals surface area contributed by atoms with E-state index in [4.69, 9.17) is 11.6 Å². The maximum absolute atomic E-state index is 12.6. The standard InChI is InChI=1S/C18H18ClNO3/c1-3-20(4-2)12-9-10-15(16(21)11-12)17(22)13-7-5-6-8-14(13)18(19)23/h5-11,21H,3-4H2,1-2H3. The van der Waals surface area contributed by atoms with Gasteiger partial charge in [0.2, 0.25) is 0 Å². The molecule has 0 radical (unpaired) electrons. The zero-order valence-corrected chi connectivity index (χ0v) is 13.8. The zero-order chi connectivity index (χ0) is 17.0. The van der Waals surface area contributed by atoms with Crippen LogP contribution >= 0.6 is 11.6 Å². The predicted octanol–water partition coefficient (Wildman–Crippen LogP) is 3.85. The van der Waals surface area contributed by atoms with Gasteiger partial charge in [-0.2, -0.15) is 0 Å². The minimum atomic E-state index is -0.701. The van der Waals surface area contributed by atoms with E-state index in [1.165, 1.54) is 12.1 Å². The Balaban J connectivity index is 2.43. The molecule has 0 fully saturated rings. The van der Waals surface area contributed by atoms with Crippen LogP contribution < -0.4 is 4.90 Å². The molecule has 0 saturated heterocycles. The van der Waals surface area contributed by atoms with Crippen molar-refractivity contribution in [1.29, 1.82) is 0 Å². The molecule has 0 aromatic heterocycles. The first-order valence-electron chi connectivity index (χ1n) is 7.41. The molecule has 2 rings (SSSR count). The van der Waals surface area contributed by atoms with E-state index in [0.29, 0.717) is 0 Å². The third kappa shape index (κ3) is 3.54. The molecule has 0 aliphatic carbocycles. The smallest absolute Gasteiger partial charge is 0.253 e. The molecule has 0 heterocycles. The van der Waals surface area contributed by atoms with Gasteiger partial charge in [-0.1, -0.05) is 18.2 Å². The van der Waals surface area contributed by atoms with Crippen molar-refractivity contribution in [1.82, 2.24) is 0 Å². The first kappa shape index (κ1) is 17.0. The fourth-order valence-electron chi connectivity index (χ4n) is 2.50. The van der Waals surface area contributed by atoms with Gasteiger partial charge in [-0.3, -0.25) is 9.59 Å². The lowest BCUT2D eigenvalue weighted by Gasteiger charge is -2.21. The molecule has 0 unspecified atom stereocenters. The molecule has 23 heavy (non-hydrogen) atoms. The number of phenolic OH excluding ortho intramolecular Hbond substituents is 1. The van der Waals surface area contributed by atoms with E-state index in [9.17, 15) is 14.7 Å². The number of nitrogens with zero attached hydrogens (tertiary/aromatic N) is 1. The van der Waals surface area contributed by atoms with Crippen LogP contribution in [-0.4, -0.2) is 29.2 Å². The normalized spacial score (nSPS) is 10.4. The van der Waals surface area contributed by atoms with Crippen LogP contribution in [0.1, 0.15) is 40.1 Å². The Labute approximate surface area is 140 Å². The number of benzene rings is 2. The molecular weight excluding hydrogens is 314 g/mol. The molecule has 5 heteroatoms. The van der Waals surface area contributed by atoms with Gasteiger partial charge in [0.1, 0.15) is 5.75 Å². The van der Waals surface area contributed by atoms with Crippen molar-refractivity contribution < 1.29 is 14.7 Å². The number of phenols is 1. The number of rotatable bonds is 6. The fourth-order valence-corrected chi connectivity index (χ4v) is 2.66. The molecule has 0 aliphatic heterocycles. The van der Waals surface area contributed by atoms with Crippen molar-refractivity contribution in [3.8, 4) is 5.75 Å². The Morgan fingerprint density at radius 2 is 1.61 bits per heavy atom. The number of hydrogen-bond donors (Lipinski definition) is 1. The van der Waals surface area contributed by atoms with Gasteiger partial charge in [-0.15, -0.1) is 0 Å². The summed E-state index contributed by atoms with van der Waals surface area (Å²) in [6, 6.07) is 11.2. The number of carbonyl (C=O) groups is 2. The van der Waals surface area contributed by atoms with Crippen molar-refractivity contribution in [2.24, 2.45) is 0 Å². The molecule has 0 amide bonds. The number of halogens is 1. The summed E-state index contributed by atoms with van der Waals surface area (Å²) in [7, 11) is 0. The summed E-state index contributed by atoms with van der Waals surface area (Å²) in [6.45, 7) is 5.63. The van der Waals surface area contributed by atoms with Gasteiger partial charge < -0.3 is 10.0 Å². The second kappa shape index (κ2) is 7.29. The largest absolute Gasteiger partial charge is 0.507 e. The summed E-state index contributed by atoms with van der Waals surface area (Å²) in [5, 5.41) is 9.53. The second-order valence-electron chi connectivity index (χ2n) is 5.02. The van der Waals surface area contributed by atoms with Gasteiger partial charge in [0, 0.05) is 36.0 Å². The molecule has 0 bridgehead atoms. The average molecular weight is 332 g/mol. The molecule has 0 aliphatic rings. The lowest BCUT2D eigenvalue weighted by Crippen LogP contribution is -2.21. The van der Waals surface area contributed by atoms with E-state index in [1.807, 2.05) is 13.8 Å². The summed E-state index contributed by atoms with van der Waals surface area (Å²) < 4.78 is 0. The molecule has 120 valence electrons. The average Bonchev–Trinajstić information content (AvgIpc) is 2.55. The van der Waals surface area contributed by atoms with Crippen LogP contribution in [0.25, 0.3) is 0 Å². The fraction of sp³-hybridized carbons (Fsp3) is 0.222. The Morgan fingerprint density at radius 3 is 2.13 bits per heavy atom. The Hall–Kier alpha value is -2.33. The number of anilines is 1. The highest BCUT2D eigenvalue weighted by molar-refractivity contribution is 6.68. The Morgan fingerprint density at radius 1 is 1.00 bits per heavy atom. The Kier molecular flexibility index (Phi) is 5.40. The second-order valence-corrected chi connectivity index (χ2v) is 5.37. The van der Waals surface area contributed by atoms with Crippen molar-refractivity contribution in [2.75, 3.05) is 18.0 Å². The van der Waals surface area contributed by atoms with Gasteiger partial charge >= 0.3 is 0 Å². The minimum Gasteiger partial charge on any atom is -0.507 e. The maximum atomic E-state index is 12.6. The van der Waals surface area contributed by atoms with Crippen LogP contribution in [-0.2, 0) is 0 Å². The minimum absolute atomic E-state index is 0.115. The van der Waals surface area contributed by atoms with E-state index in [1.54, 1.807) is 30.3 Å². The highest BCUT2D eigenvalue weighted by atomic mass is 35.5. The van der Waals surface area contributed by atoms with Gasteiger partial charge in [0.15, 0.2) is 5.78 Å². The summed E-state index contributed by atoms with van der Waals surface area (Å²) >= 11 is 5.52.